The van der Waals surface area contributed by atoms with E-state index in [4.69, 9.17) is 4.74 Å². The second kappa shape index (κ2) is 6.38. The van der Waals surface area contributed by atoms with Gasteiger partial charge < -0.3 is 9.84 Å². The molecule has 5 nitrogen and oxygen atoms in total. The summed E-state index contributed by atoms with van der Waals surface area (Å²) in [5.41, 5.74) is 0.460. The van der Waals surface area contributed by atoms with Gasteiger partial charge in [0.15, 0.2) is 0 Å². The smallest absolute Gasteiger partial charge is 0.411 e. The van der Waals surface area contributed by atoms with Crippen LogP contribution in [0.1, 0.15) is 32.8 Å². The number of carboxylic acids is 1. The average Bonchev–Trinajstić information content (AvgIpc) is 2.82. The van der Waals surface area contributed by atoms with Gasteiger partial charge in [-0.15, -0.1) is 0 Å². The molecule has 0 aromatic heterocycles. The van der Waals surface area contributed by atoms with Gasteiger partial charge in [-0.25, -0.2) is 9.59 Å². The van der Waals surface area contributed by atoms with Gasteiger partial charge in [0.2, 0.25) is 0 Å². The summed E-state index contributed by atoms with van der Waals surface area (Å²) in [6, 6.07) is 8.94. The average molecular weight is 305 g/mol. The van der Waals surface area contributed by atoms with Gasteiger partial charge in [-0.1, -0.05) is 30.3 Å². The Hall–Kier alpha value is -2.04. The largest absolute Gasteiger partial charge is 0.480 e. The molecule has 0 aliphatic carbocycles. The topological polar surface area (TPSA) is 66.8 Å². The van der Waals surface area contributed by atoms with E-state index >= 15 is 0 Å². The highest BCUT2D eigenvalue weighted by Gasteiger charge is 2.43. The first-order valence-corrected chi connectivity index (χ1v) is 7.54. The van der Waals surface area contributed by atoms with Crippen molar-refractivity contribution in [3.8, 4) is 0 Å². The number of hydrogen-bond acceptors (Lipinski definition) is 3. The minimum atomic E-state index is -0.968. The van der Waals surface area contributed by atoms with Crippen molar-refractivity contribution in [3.63, 3.8) is 0 Å². The fourth-order valence-electron chi connectivity index (χ4n) is 2.85. The first-order valence-electron chi connectivity index (χ1n) is 7.54. The lowest BCUT2D eigenvalue weighted by atomic mass is 9.92. The number of nitrogens with zero attached hydrogens (tertiary/aromatic N) is 1. The van der Waals surface area contributed by atoms with Crippen LogP contribution >= 0.6 is 0 Å². The monoisotopic (exact) mass is 305 g/mol. The fraction of sp³-hybridized carbons (Fsp3) is 0.529. The van der Waals surface area contributed by atoms with Crippen LogP contribution in [0.3, 0.4) is 0 Å². The molecule has 22 heavy (non-hydrogen) atoms. The van der Waals surface area contributed by atoms with Crippen molar-refractivity contribution in [2.75, 3.05) is 6.54 Å². The first-order chi connectivity index (χ1) is 10.3. The SMILES string of the molecule is CC(C)(C)OC(=O)N1CC[C@@H](Cc2ccccc2)[C@@H]1C(=O)O. The van der Waals surface area contributed by atoms with E-state index in [1.165, 1.54) is 4.90 Å². The van der Waals surface area contributed by atoms with Gasteiger partial charge in [-0.05, 0) is 45.1 Å². The number of carbonyl (C=O) groups excluding carboxylic acids is 1. The molecular formula is C17H23NO4. The number of amides is 1. The molecule has 1 N–H and O–H groups in total. The minimum Gasteiger partial charge on any atom is -0.480 e. The molecule has 1 heterocycles. The van der Waals surface area contributed by atoms with Gasteiger partial charge in [-0.2, -0.15) is 0 Å². The van der Waals surface area contributed by atoms with Crippen molar-refractivity contribution < 1.29 is 19.4 Å². The summed E-state index contributed by atoms with van der Waals surface area (Å²) in [6.45, 7) is 5.75. The number of carboxylic acid groups (broad SMARTS) is 1. The lowest BCUT2D eigenvalue weighted by Crippen LogP contribution is -2.45. The molecule has 1 aromatic rings. The maximum Gasteiger partial charge on any atom is 0.411 e. The first kappa shape index (κ1) is 16.3. The Morgan fingerprint density at radius 1 is 1.27 bits per heavy atom. The number of ether oxygens (including phenoxy) is 1. The van der Waals surface area contributed by atoms with Gasteiger partial charge in [0, 0.05) is 6.54 Å². The highest BCUT2D eigenvalue weighted by Crippen LogP contribution is 2.29. The highest BCUT2D eigenvalue weighted by molar-refractivity contribution is 5.81. The molecule has 1 amide bonds. The molecule has 0 bridgehead atoms. The van der Waals surface area contributed by atoms with Crippen LogP contribution in [0.4, 0.5) is 4.79 Å². The predicted molar refractivity (Wildman–Crippen MR) is 82.6 cm³/mol. The number of rotatable bonds is 3. The molecule has 1 saturated heterocycles. The number of hydrogen-bond donors (Lipinski definition) is 1. The van der Waals surface area contributed by atoms with Crippen molar-refractivity contribution in [3.05, 3.63) is 35.9 Å². The molecule has 120 valence electrons. The molecule has 1 fully saturated rings. The van der Waals surface area contributed by atoms with Crippen LogP contribution in [0.5, 0.6) is 0 Å². The fourth-order valence-corrected chi connectivity index (χ4v) is 2.85. The zero-order chi connectivity index (χ0) is 16.3. The Balaban J connectivity index is 2.11. The third-order valence-electron chi connectivity index (χ3n) is 3.74. The van der Waals surface area contributed by atoms with E-state index in [1.54, 1.807) is 20.8 Å². The Bertz CT molecular complexity index is 535. The van der Waals surface area contributed by atoms with Crippen LogP contribution in [-0.4, -0.2) is 40.3 Å². The Labute approximate surface area is 130 Å². The van der Waals surface area contributed by atoms with E-state index in [0.717, 1.165) is 5.56 Å². The normalized spacial score (nSPS) is 21.7. The van der Waals surface area contributed by atoms with Gasteiger partial charge in [0.25, 0.3) is 0 Å². The minimum absolute atomic E-state index is 0.0904. The molecule has 2 rings (SSSR count). The number of aliphatic carboxylic acids is 1. The zero-order valence-electron chi connectivity index (χ0n) is 13.3. The van der Waals surface area contributed by atoms with Gasteiger partial charge in [0.1, 0.15) is 11.6 Å². The second-order valence-electron chi connectivity index (χ2n) is 6.70. The predicted octanol–water partition coefficient (Wildman–Crippen LogP) is 2.94. The molecule has 1 aliphatic heterocycles. The van der Waals surface area contributed by atoms with E-state index in [9.17, 15) is 14.7 Å². The molecule has 0 spiro atoms. The Kier molecular flexibility index (Phi) is 4.74. The molecule has 1 aliphatic rings. The maximum absolute atomic E-state index is 12.2. The molecule has 5 heteroatoms. The van der Waals surface area contributed by atoms with Gasteiger partial charge >= 0.3 is 12.1 Å². The lowest BCUT2D eigenvalue weighted by molar-refractivity contribution is -0.143. The van der Waals surface area contributed by atoms with Crippen LogP contribution in [0.15, 0.2) is 30.3 Å². The molecule has 0 saturated carbocycles. The van der Waals surface area contributed by atoms with E-state index in [-0.39, 0.29) is 5.92 Å². The van der Waals surface area contributed by atoms with Crippen molar-refractivity contribution in [2.24, 2.45) is 5.92 Å². The van der Waals surface area contributed by atoms with E-state index in [0.29, 0.717) is 19.4 Å². The Morgan fingerprint density at radius 3 is 2.45 bits per heavy atom. The summed E-state index contributed by atoms with van der Waals surface area (Å²) >= 11 is 0. The number of benzene rings is 1. The third-order valence-corrected chi connectivity index (χ3v) is 3.74. The summed E-state index contributed by atoms with van der Waals surface area (Å²) in [5, 5.41) is 9.53. The summed E-state index contributed by atoms with van der Waals surface area (Å²) in [7, 11) is 0. The quantitative estimate of drug-likeness (QED) is 0.932. The summed E-state index contributed by atoms with van der Waals surface area (Å²) in [5.74, 6) is -1.06. The molecule has 1 aromatic carbocycles. The molecule has 2 atom stereocenters. The highest BCUT2D eigenvalue weighted by atomic mass is 16.6. The van der Waals surface area contributed by atoms with Gasteiger partial charge in [0.05, 0.1) is 0 Å². The molecule has 0 unspecified atom stereocenters. The van der Waals surface area contributed by atoms with Crippen LogP contribution in [0.2, 0.25) is 0 Å². The Morgan fingerprint density at radius 2 is 1.91 bits per heavy atom. The van der Waals surface area contributed by atoms with E-state index in [1.807, 2.05) is 30.3 Å². The van der Waals surface area contributed by atoms with E-state index < -0.39 is 23.7 Å². The van der Waals surface area contributed by atoms with Crippen LogP contribution in [-0.2, 0) is 16.0 Å². The van der Waals surface area contributed by atoms with Crippen molar-refractivity contribution >= 4 is 12.1 Å². The lowest BCUT2D eigenvalue weighted by Gasteiger charge is -2.28. The van der Waals surface area contributed by atoms with Crippen LogP contribution in [0, 0.1) is 5.92 Å². The number of carbonyl (C=O) groups is 2. The zero-order valence-corrected chi connectivity index (χ0v) is 13.3. The summed E-state index contributed by atoms with van der Waals surface area (Å²) in [6.07, 6.45) is 0.776. The van der Waals surface area contributed by atoms with Crippen LogP contribution in [0.25, 0.3) is 0 Å². The molecule has 0 radical (unpaired) electrons. The van der Waals surface area contributed by atoms with Crippen LogP contribution < -0.4 is 0 Å². The number of likely N-dealkylation sites (tertiary alicyclic amines) is 1. The summed E-state index contributed by atoms with van der Waals surface area (Å²) in [4.78, 5) is 25.2. The second-order valence-corrected chi connectivity index (χ2v) is 6.70. The van der Waals surface area contributed by atoms with Crippen molar-refractivity contribution in [1.29, 1.82) is 0 Å². The van der Waals surface area contributed by atoms with Crippen molar-refractivity contribution in [2.45, 2.75) is 45.3 Å². The summed E-state index contributed by atoms with van der Waals surface area (Å²) < 4.78 is 5.32. The maximum atomic E-state index is 12.2. The molecular weight excluding hydrogens is 282 g/mol. The van der Waals surface area contributed by atoms with Gasteiger partial charge in [-0.3, -0.25) is 4.90 Å². The van der Waals surface area contributed by atoms with E-state index in [2.05, 4.69) is 0 Å². The standard InChI is InChI=1S/C17H23NO4/c1-17(2,3)22-16(21)18-10-9-13(14(18)15(19)20)11-12-7-5-4-6-8-12/h4-8,13-14H,9-11H2,1-3H3,(H,19,20)/t13-,14+/m0/s1. The third kappa shape index (κ3) is 4.00. The van der Waals surface area contributed by atoms with Crippen molar-refractivity contribution in [1.82, 2.24) is 4.90 Å².